The maximum atomic E-state index is 12.7. The Balaban J connectivity index is 2.21. The zero-order valence-corrected chi connectivity index (χ0v) is 11.0. The Morgan fingerprint density at radius 3 is 2.45 bits per heavy atom. The van der Waals surface area contributed by atoms with E-state index in [1.165, 1.54) is 24.3 Å². The summed E-state index contributed by atoms with van der Waals surface area (Å²) >= 11 is 0. The van der Waals surface area contributed by atoms with Gasteiger partial charge in [0, 0.05) is 31.5 Å². The van der Waals surface area contributed by atoms with Gasteiger partial charge in [0.25, 0.3) is 0 Å². The number of rotatable bonds is 9. The molecule has 0 saturated heterocycles. The third-order valence-electron chi connectivity index (χ3n) is 2.65. The fraction of sp³-hybridized carbons (Fsp3) is 0.357. The zero-order valence-electron chi connectivity index (χ0n) is 11.0. The van der Waals surface area contributed by atoms with E-state index in [9.17, 15) is 18.8 Å². The number of halogens is 1. The number of amides is 2. The van der Waals surface area contributed by atoms with Crippen LogP contribution in [0.25, 0.3) is 0 Å². The highest BCUT2D eigenvalue weighted by atomic mass is 19.1. The van der Waals surface area contributed by atoms with Crippen molar-refractivity contribution in [3.05, 3.63) is 35.6 Å². The predicted molar refractivity (Wildman–Crippen MR) is 71.7 cm³/mol. The lowest BCUT2D eigenvalue weighted by Crippen LogP contribution is -2.27. The van der Waals surface area contributed by atoms with Crippen LogP contribution in [-0.2, 0) is 9.59 Å². The lowest BCUT2D eigenvalue weighted by atomic mass is 10.1. The summed E-state index contributed by atoms with van der Waals surface area (Å²) in [6, 6.07) is 5.24. The largest absolute Gasteiger partial charge is 0.359 e. The summed E-state index contributed by atoms with van der Waals surface area (Å²) in [5.41, 5.74) is 0.398. The molecule has 0 radical (unpaired) electrons. The van der Waals surface area contributed by atoms with Gasteiger partial charge < -0.3 is 10.6 Å². The zero-order chi connectivity index (χ0) is 14.8. The fourth-order valence-corrected chi connectivity index (χ4v) is 1.57. The van der Waals surface area contributed by atoms with Gasteiger partial charge in [-0.3, -0.25) is 14.4 Å². The summed E-state index contributed by atoms with van der Waals surface area (Å²) < 4.78 is 12.7. The number of carbonyl (C=O) groups excluding carboxylic acids is 3. The van der Waals surface area contributed by atoms with Crippen LogP contribution in [0.5, 0.6) is 0 Å². The van der Waals surface area contributed by atoms with Crippen LogP contribution in [-0.4, -0.2) is 31.2 Å². The summed E-state index contributed by atoms with van der Waals surface area (Å²) in [6.07, 6.45) is 1.42. The Bertz CT molecular complexity index is 460. The molecule has 0 aliphatic carbocycles. The Morgan fingerprint density at radius 2 is 1.80 bits per heavy atom. The number of ketones is 1. The van der Waals surface area contributed by atoms with Gasteiger partial charge >= 0.3 is 0 Å². The topological polar surface area (TPSA) is 75.3 Å². The molecule has 0 bridgehead atoms. The second-order valence-electron chi connectivity index (χ2n) is 4.21. The van der Waals surface area contributed by atoms with E-state index in [0.717, 1.165) is 0 Å². The molecule has 0 atom stereocenters. The molecule has 20 heavy (non-hydrogen) atoms. The van der Waals surface area contributed by atoms with Crippen LogP contribution in [0.15, 0.2) is 24.3 Å². The van der Waals surface area contributed by atoms with Gasteiger partial charge in [0.1, 0.15) is 5.82 Å². The van der Waals surface area contributed by atoms with Crippen molar-refractivity contribution in [3.63, 3.8) is 0 Å². The van der Waals surface area contributed by atoms with Crippen molar-refractivity contribution in [1.82, 2.24) is 10.6 Å². The summed E-state index contributed by atoms with van der Waals surface area (Å²) in [4.78, 5) is 33.2. The predicted octanol–water partition coefficient (Wildman–Crippen LogP) is 1.04. The maximum absolute atomic E-state index is 12.7. The van der Waals surface area contributed by atoms with Crippen molar-refractivity contribution in [2.45, 2.75) is 19.3 Å². The van der Waals surface area contributed by atoms with Gasteiger partial charge in [0.05, 0.1) is 0 Å². The van der Waals surface area contributed by atoms with Gasteiger partial charge in [-0.25, -0.2) is 4.39 Å². The molecule has 2 amide bonds. The van der Waals surface area contributed by atoms with Crippen molar-refractivity contribution in [2.24, 2.45) is 0 Å². The van der Waals surface area contributed by atoms with Gasteiger partial charge in [-0.05, 0) is 30.7 Å². The average Bonchev–Trinajstić information content (AvgIpc) is 2.45. The number of hydrogen-bond donors (Lipinski definition) is 2. The molecule has 6 heteroatoms. The first-order valence-electron chi connectivity index (χ1n) is 6.36. The van der Waals surface area contributed by atoms with Gasteiger partial charge in [-0.1, -0.05) is 0 Å². The third kappa shape index (κ3) is 6.08. The van der Waals surface area contributed by atoms with Crippen LogP contribution in [0.4, 0.5) is 4.39 Å². The molecule has 1 aromatic carbocycles. The van der Waals surface area contributed by atoms with E-state index in [-0.39, 0.29) is 24.5 Å². The monoisotopic (exact) mass is 280 g/mol. The maximum Gasteiger partial charge on any atom is 0.220 e. The fourth-order valence-electron chi connectivity index (χ4n) is 1.57. The molecule has 0 aromatic heterocycles. The molecule has 0 saturated carbocycles. The molecule has 5 nitrogen and oxygen atoms in total. The van der Waals surface area contributed by atoms with Crippen molar-refractivity contribution >= 4 is 18.1 Å². The average molecular weight is 280 g/mol. The highest BCUT2D eigenvalue weighted by Gasteiger charge is 2.09. The van der Waals surface area contributed by atoms with Crippen molar-refractivity contribution in [3.8, 4) is 0 Å². The molecule has 0 aliphatic rings. The lowest BCUT2D eigenvalue weighted by molar-refractivity contribution is -0.121. The van der Waals surface area contributed by atoms with Crippen molar-refractivity contribution < 1.29 is 18.8 Å². The Kier molecular flexibility index (Phi) is 6.95. The minimum Gasteiger partial charge on any atom is -0.359 e. The second kappa shape index (κ2) is 8.79. The molecule has 1 rings (SSSR count). The van der Waals surface area contributed by atoms with E-state index >= 15 is 0 Å². The second-order valence-corrected chi connectivity index (χ2v) is 4.21. The summed E-state index contributed by atoms with van der Waals surface area (Å²) in [6.45, 7) is 0.947. The molecule has 0 heterocycles. The van der Waals surface area contributed by atoms with Gasteiger partial charge in [0.15, 0.2) is 5.78 Å². The number of benzene rings is 1. The molecular weight excluding hydrogens is 263 g/mol. The Morgan fingerprint density at radius 1 is 1.10 bits per heavy atom. The van der Waals surface area contributed by atoms with E-state index in [1.807, 2.05) is 0 Å². The van der Waals surface area contributed by atoms with Gasteiger partial charge in [-0.2, -0.15) is 0 Å². The van der Waals surface area contributed by atoms with Crippen LogP contribution in [0, 0.1) is 5.82 Å². The first-order chi connectivity index (χ1) is 9.63. The Labute approximate surface area is 116 Å². The van der Waals surface area contributed by atoms with Crippen LogP contribution >= 0.6 is 0 Å². The summed E-state index contributed by atoms with van der Waals surface area (Å²) in [5.74, 6) is -0.808. The molecule has 108 valence electrons. The van der Waals surface area contributed by atoms with Crippen LogP contribution < -0.4 is 10.6 Å². The van der Waals surface area contributed by atoms with E-state index < -0.39 is 5.82 Å². The molecule has 1 aromatic rings. The quantitative estimate of drug-likeness (QED) is 0.403. The molecule has 0 unspecified atom stereocenters. The van der Waals surface area contributed by atoms with E-state index in [4.69, 9.17) is 0 Å². The molecule has 0 spiro atoms. The number of carbonyl (C=O) groups is 3. The Hall–Kier alpha value is -2.24. The van der Waals surface area contributed by atoms with Gasteiger partial charge in [0.2, 0.25) is 12.3 Å². The number of hydrogen-bond acceptors (Lipinski definition) is 3. The molecule has 0 fully saturated rings. The van der Waals surface area contributed by atoms with Crippen LogP contribution in [0.2, 0.25) is 0 Å². The smallest absolute Gasteiger partial charge is 0.220 e. The van der Waals surface area contributed by atoms with Gasteiger partial charge in [-0.15, -0.1) is 0 Å². The normalized spacial score (nSPS) is 9.85. The molecule has 2 N–H and O–H groups in total. The summed E-state index contributed by atoms with van der Waals surface area (Å²) in [5, 5.41) is 5.13. The standard InChI is InChI=1S/C14H17FN2O3/c15-12-4-2-11(3-5-12)13(19)6-7-14(20)17-9-1-8-16-10-18/h2-5,10H,1,6-9H2,(H,16,18)(H,17,20). The first kappa shape index (κ1) is 15.8. The number of nitrogens with one attached hydrogen (secondary N) is 2. The van der Waals surface area contributed by atoms with E-state index in [1.54, 1.807) is 0 Å². The highest BCUT2D eigenvalue weighted by Crippen LogP contribution is 2.07. The molecular formula is C14H17FN2O3. The summed E-state index contributed by atoms with van der Waals surface area (Å²) in [7, 11) is 0. The van der Waals surface area contributed by atoms with Crippen molar-refractivity contribution in [1.29, 1.82) is 0 Å². The lowest BCUT2D eigenvalue weighted by Gasteiger charge is -2.04. The third-order valence-corrected chi connectivity index (χ3v) is 2.65. The molecule has 0 aliphatic heterocycles. The van der Waals surface area contributed by atoms with E-state index in [0.29, 0.717) is 31.5 Å². The van der Waals surface area contributed by atoms with Crippen molar-refractivity contribution in [2.75, 3.05) is 13.1 Å². The highest BCUT2D eigenvalue weighted by molar-refractivity contribution is 5.97. The number of Topliss-reactive ketones (excluding diaryl/α,β-unsaturated/α-hetero) is 1. The minimum atomic E-state index is -0.400. The van der Waals surface area contributed by atoms with E-state index in [2.05, 4.69) is 10.6 Å². The SMILES string of the molecule is O=CNCCCNC(=O)CCC(=O)c1ccc(F)cc1. The first-order valence-corrected chi connectivity index (χ1v) is 6.36. The van der Waals surface area contributed by atoms with Crippen LogP contribution in [0.1, 0.15) is 29.6 Å². The minimum absolute atomic E-state index is 0.0874. The van der Waals surface area contributed by atoms with Crippen LogP contribution in [0.3, 0.4) is 0 Å².